The highest BCUT2D eigenvalue weighted by Crippen LogP contribution is 2.34. The van der Waals surface area contributed by atoms with E-state index in [1.54, 1.807) is 6.92 Å². The van der Waals surface area contributed by atoms with Crippen LogP contribution in [0, 0.1) is 0 Å². The Morgan fingerprint density at radius 3 is 2.53 bits per heavy atom. The number of ether oxygens (including phenoxy) is 1. The second-order valence-corrected chi connectivity index (χ2v) is 8.19. The van der Waals surface area contributed by atoms with E-state index in [1.165, 1.54) is 20.7 Å². The Kier molecular flexibility index (Phi) is 7.10. The molecule has 0 bridgehead atoms. The van der Waals surface area contributed by atoms with Crippen LogP contribution in [0.1, 0.15) is 42.2 Å². The predicted octanol–water partition coefficient (Wildman–Crippen LogP) is 2.06. The van der Waals surface area contributed by atoms with E-state index in [0.29, 0.717) is 0 Å². The summed E-state index contributed by atoms with van der Waals surface area (Å²) in [6.45, 7) is 2.56. The molecule has 1 N–H and O–H groups in total. The Balaban J connectivity index is 1.23. The monoisotopic (exact) mass is 524 g/mol. The molecule has 4 rings (SSSR count). The maximum absolute atomic E-state index is 13.3. The van der Waals surface area contributed by atoms with Crippen LogP contribution >= 0.6 is 0 Å². The number of hydrazone groups is 1. The van der Waals surface area contributed by atoms with Gasteiger partial charge in [0.2, 0.25) is 5.91 Å². The average Bonchev–Trinajstić information content (AvgIpc) is 3.47. The van der Waals surface area contributed by atoms with E-state index in [0.717, 1.165) is 0 Å². The summed E-state index contributed by atoms with van der Waals surface area (Å²) < 4.78 is 88.7. The van der Waals surface area contributed by atoms with Crippen LogP contribution in [0.2, 0.25) is 0 Å². The van der Waals surface area contributed by atoms with Gasteiger partial charge in [0, 0.05) is 31.7 Å². The minimum Gasteiger partial charge on any atom is -0.379 e. The van der Waals surface area contributed by atoms with Crippen LogP contribution in [0.25, 0.3) is 0 Å². The molecule has 17 heteroatoms. The molecule has 0 aliphatic carbocycles. The molecule has 36 heavy (non-hydrogen) atoms. The molecule has 2 aliphatic heterocycles. The lowest BCUT2D eigenvalue weighted by molar-refractivity contribution is -0.159. The van der Waals surface area contributed by atoms with E-state index in [4.69, 9.17) is 4.74 Å². The first-order valence-electron chi connectivity index (χ1n) is 10.9. The number of rotatable bonds is 7. The van der Waals surface area contributed by atoms with Gasteiger partial charge in [0.05, 0.1) is 44.1 Å². The van der Waals surface area contributed by atoms with Crippen LogP contribution in [0.3, 0.4) is 0 Å². The fraction of sp³-hybridized carbons (Fsp3) is 0.632. The van der Waals surface area contributed by atoms with Gasteiger partial charge in [-0.2, -0.15) is 41.5 Å². The van der Waals surface area contributed by atoms with E-state index in [1.807, 2.05) is 0 Å². The van der Waals surface area contributed by atoms with Gasteiger partial charge in [-0.1, -0.05) is 0 Å². The summed E-state index contributed by atoms with van der Waals surface area (Å²) in [5.41, 5.74) is 1.78. The molecule has 198 valence electrons. The van der Waals surface area contributed by atoms with Crippen LogP contribution in [0.5, 0.6) is 0 Å². The molecule has 0 saturated carbocycles. The molecule has 1 fully saturated rings. The van der Waals surface area contributed by atoms with Gasteiger partial charge in [-0.15, -0.1) is 0 Å². The molecule has 4 heterocycles. The number of fused-ring (bicyclic) bond motifs is 1. The molecule has 1 unspecified atom stereocenters. The summed E-state index contributed by atoms with van der Waals surface area (Å²) in [6.07, 6.45) is -8.03. The molecule has 0 aromatic carbocycles. The van der Waals surface area contributed by atoms with Crippen molar-refractivity contribution in [2.45, 2.75) is 38.3 Å². The van der Waals surface area contributed by atoms with Crippen molar-refractivity contribution in [2.24, 2.45) is 5.10 Å². The number of nitrogens with one attached hydrogen (secondary N) is 1. The van der Waals surface area contributed by atoms with Gasteiger partial charge in [0.15, 0.2) is 5.69 Å². The Bertz CT molecular complexity index is 1100. The first-order valence-corrected chi connectivity index (χ1v) is 10.9. The second-order valence-electron chi connectivity index (χ2n) is 8.19. The standard InChI is InChI=1S/C19H22F6N8O3/c1-11(33-13-9-27-26-8-12(13)15(29-33)18(20,21)22)10-35-7-2-14(34)31-3-5-32(6-4-31)17-28-16(36-30-17)19(23,24)25/h9,11,26H,2-8,10H2,1H3. The van der Waals surface area contributed by atoms with Crippen molar-refractivity contribution in [1.29, 1.82) is 0 Å². The minimum absolute atomic E-state index is 0.00844. The maximum Gasteiger partial charge on any atom is 0.471 e. The zero-order valence-electron chi connectivity index (χ0n) is 18.9. The highest BCUT2D eigenvalue weighted by molar-refractivity contribution is 5.81. The third-order valence-electron chi connectivity index (χ3n) is 5.66. The van der Waals surface area contributed by atoms with Gasteiger partial charge in [-0.3, -0.25) is 9.48 Å². The SMILES string of the molecule is CC(COCCC(=O)N1CCN(c2noc(C(F)(F)F)n2)CC1)n1nc(C(F)(F)F)c2c1C=NNC2. The van der Waals surface area contributed by atoms with Gasteiger partial charge in [0.1, 0.15) is 0 Å². The van der Waals surface area contributed by atoms with Gasteiger partial charge in [-0.25, -0.2) is 0 Å². The molecule has 1 atom stereocenters. The first-order chi connectivity index (χ1) is 16.9. The molecule has 11 nitrogen and oxygen atoms in total. The molecule has 2 aromatic heterocycles. The molecular formula is C19H22F6N8O3. The number of carbonyl (C=O) groups excluding carboxylic acids is 1. The predicted molar refractivity (Wildman–Crippen MR) is 110 cm³/mol. The number of anilines is 1. The second kappa shape index (κ2) is 9.94. The van der Waals surface area contributed by atoms with Crippen molar-refractivity contribution in [2.75, 3.05) is 44.3 Å². The Hall–Kier alpha value is -3.37. The number of hydrogen-bond acceptors (Lipinski definition) is 9. The van der Waals surface area contributed by atoms with Crippen molar-refractivity contribution in [3.63, 3.8) is 0 Å². The highest BCUT2D eigenvalue weighted by atomic mass is 19.4. The van der Waals surface area contributed by atoms with Crippen LogP contribution in [-0.4, -0.2) is 76.3 Å². The van der Waals surface area contributed by atoms with Crippen LogP contribution < -0.4 is 10.3 Å². The quantitative estimate of drug-likeness (QED) is 0.433. The Morgan fingerprint density at radius 1 is 1.17 bits per heavy atom. The molecule has 1 saturated heterocycles. The van der Waals surface area contributed by atoms with Crippen molar-refractivity contribution >= 4 is 18.1 Å². The number of carbonyl (C=O) groups is 1. The summed E-state index contributed by atoms with van der Waals surface area (Å²) in [5.74, 6) is -1.85. The number of aromatic nitrogens is 4. The van der Waals surface area contributed by atoms with E-state index in [9.17, 15) is 31.1 Å². The summed E-state index contributed by atoms with van der Waals surface area (Å²) in [4.78, 5) is 18.8. The summed E-state index contributed by atoms with van der Waals surface area (Å²) >= 11 is 0. The lowest BCUT2D eigenvalue weighted by atomic mass is 10.1. The number of nitrogens with zero attached hydrogens (tertiary/aromatic N) is 7. The molecule has 2 aliphatic rings. The number of piperazine rings is 1. The van der Waals surface area contributed by atoms with Crippen LogP contribution in [0.4, 0.5) is 32.3 Å². The van der Waals surface area contributed by atoms with Gasteiger partial charge in [0.25, 0.3) is 5.95 Å². The van der Waals surface area contributed by atoms with E-state index < -0.39 is 30.0 Å². The number of hydrogen-bond donors (Lipinski definition) is 1. The topological polar surface area (TPSA) is 114 Å². The molecular weight excluding hydrogens is 502 g/mol. The van der Waals surface area contributed by atoms with E-state index in [-0.39, 0.29) is 75.5 Å². The largest absolute Gasteiger partial charge is 0.471 e. The third-order valence-corrected chi connectivity index (χ3v) is 5.66. The molecule has 0 radical (unpaired) electrons. The molecule has 0 spiro atoms. The lowest BCUT2D eigenvalue weighted by Crippen LogP contribution is -2.49. The van der Waals surface area contributed by atoms with E-state index in [2.05, 4.69) is 30.3 Å². The minimum atomic E-state index is -4.73. The van der Waals surface area contributed by atoms with Crippen molar-refractivity contribution in [3.8, 4) is 0 Å². The van der Waals surface area contributed by atoms with Crippen LogP contribution in [0.15, 0.2) is 9.62 Å². The summed E-state index contributed by atoms with van der Waals surface area (Å²) in [6, 6.07) is -0.547. The molecule has 2 aromatic rings. The summed E-state index contributed by atoms with van der Waals surface area (Å²) in [7, 11) is 0. The number of halogens is 6. The lowest BCUT2D eigenvalue weighted by Gasteiger charge is -2.33. The maximum atomic E-state index is 13.3. The highest BCUT2D eigenvalue weighted by Gasteiger charge is 2.40. The average molecular weight is 524 g/mol. The fourth-order valence-corrected chi connectivity index (χ4v) is 3.85. The van der Waals surface area contributed by atoms with Crippen molar-refractivity contribution in [1.82, 2.24) is 30.2 Å². The number of alkyl halides is 6. The van der Waals surface area contributed by atoms with Crippen LogP contribution in [-0.2, 0) is 28.4 Å². The van der Waals surface area contributed by atoms with Gasteiger partial charge < -0.3 is 24.5 Å². The molecule has 1 amide bonds. The van der Waals surface area contributed by atoms with Crippen molar-refractivity contribution in [3.05, 3.63) is 22.8 Å². The van der Waals surface area contributed by atoms with E-state index >= 15 is 0 Å². The Labute approximate surface area is 200 Å². The third kappa shape index (κ3) is 5.55. The smallest absolute Gasteiger partial charge is 0.379 e. The zero-order chi connectivity index (χ0) is 26.1. The zero-order valence-corrected chi connectivity index (χ0v) is 18.9. The van der Waals surface area contributed by atoms with Gasteiger partial charge >= 0.3 is 18.2 Å². The van der Waals surface area contributed by atoms with Crippen molar-refractivity contribution < 1.29 is 40.4 Å². The first kappa shape index (κ1) is 25.7. The van der Waals surface area contributed by atoms with Gasteiger partial charge in [-0.05, 0) is 12.1 Å². The Morgan fingerprint density at radius 2 is 1.89 bits per heavy atom. The fourth-order valence-electron chi connectivity index (χ4n) is 3.85. The normalized spacial score (nSPS) is 17.2. The summed E-state index contributed by atoms with van der Waals surface area (Å²) in [5, 5.41) is 10.9. The number of amides is 1.